The quantitative estimate of drug-likeness (QED) is 0.919. The Kier molecular flexibility index (Phi) is 3.61. The van der Waals surface area contributed by atoms with E-state index >= 15 is 0 Å². The van der Waals surface area contributed by atoms with Crippen LogP contribution in [0.15, 0.2) is 16.6 Å². The molecule has 1 saturated heterocycles. The Morgan fingerprint density at radius 1 is 1.57 bits per heavy atom. The van der Waals surface area contributed by atoms with E-state index in [1.165, 1.54) is 4.68 Å². The Morgan fingerprint density at radius 2 is 2.33 bits per heavy atom. The Labute approximate surface area is 129 Å². The molecular formula is C14H15BrFN3O2. The summed E-state index contributed by atoms with van der Waals surface area (Å²) in [6.07, 6.45) is 0.245. The molecule has 1 aromatic heterocycles. The van der Waals surface area contributed by atoms with E-state index in [0.717, 1.165) is 4.47 Å². The summed E-state index contributed by atoms with van der Waals surface area (Å²) in [5.74, 6) is 0.130. The van der Waals surface area contributed by atoms with Gasteiger partial charge in [0.2, 0.25) is 11.9 Å². The number of rotatable bonds is 3. The van der Waals surface area contributed by atoms with Gasteiger partial charge in [0.1, 0.15) is 17.4 Å². The first-order chi connectivity index (χ1) is 9.95. The smallest absolute Gasteiger partial charge is 0.222 e. The fraction of sp³-hybridized carbons (Fsp3) is 0.429. The summed E-state index contributed by atoms with van der Waals surface area (Å²) < 4.78 is 22.1. The number of aromatic nitrogens is 2. The summed E-state index contributed by atoms with van der Waals surface area (Å²) >= 11 is 3.38. The van der Waals surface area contributed by atoms with E-state index in [1.54, 1.807) is 19.2 Å². The zero-order valence-electron chi connectivity index (χ0n) is 11.7. The van der Waals surface area contributed by atoms with Gasteiger partial charge < -0.3 is 10.1 Å². The lowest BCUT2D eigenvalue weighted by Crippen LogP contribution is -2.25. The van der Waals surface area contributed by atoms with Crippen LogP contribution < -0.4 is 10.1 Å². The molecule has 21 heavy (non-hydrogen) atoms. The van der Waals surface area contributed by atoms with Crippen LogP contribution in [0.25, 0.3) is 10.9 Å². The SMILES string of the molecule is C[C@@H](Oc1cc(Br)cc2nn(C)c(F)c12)C1CNC(=O)C1. The van der Waals surface area contributed by atoms with Gasteiger partial charge in [-0.05, 0) is 19.1 Å². The summed E-state index contributed by atoms with van der Waals surface area (Å²) in [5.41, 5.74) is 0.534. The van der Waals surface area contributed by atoms with Crippen LogP contribution in [0.2, 0.25) is 0 Å². The summed E-state index contributed by atoms with van der Waals surface area (Å²) in [6, 6.07) is 3.48. The first-order valence-electron chi connectivity index (χ1n) is 6.71. The largest absolute Gasteiger partial charge is 0.489 e. The molecule has 3 rings (SSSR count). The van der Waals surface area contributed by atoms with Crippen molar-refractivity contribution < 1.29 is 13.9 Å². The summed E-state index contributed by atoms with van der Waals surface area (Å²) in [4.78, 5) is 11.3. The van der Waals surface area contributed by atoms with Gasteiger partial charge in [0, 0.05) is 30.4 Å². The number of fused-ring (bicyclic) bond motifs is 1. The summed E-state index contributed by atoms with van der Waals surface area (Å²) in [6.45, 7) is 2.48. The van der Waals surface area contributed by atoms with Crippen LogP contribution in [-0.2, 0) is 11.8 Å². The van der Waals surface area contributed by atoms with Gasteiger partial charge in [0.25, 0.3) is 0 Å². The average Bonchev–Trinajstić information content (AvgIpc) is 2.95. The van der Waals surface area contributed by atoms with E-state index in [-0.39, 0.29) is 17.9 Å². The lowest BCUT2D eigenvalue weighted by molar-refractivity contribution is -0.119. The molecule has 7 heteroatoms. The first kappa shape index (κ1) is 14.3. The second-order valence-electron chi connectivity index (χ2n) is 5.30. The van der Waals surface area contributed by atoms with Gasteiger partial charge in [-0.25, -0.2) is 4.68 Å². The highest BCUT2D eigenvalue weighted by Crippen LogP contribution is 2.33. The summed E-state index contributed by atoms with van der Waals surface area (Å²) in [7, 11) is 1.55. The first-order valence-corrected chi connectivity index (χ1v) is 7.50. The molecule has 1 amide bonds. The minimum absolute atomic E-state index is 0.0300. The van der Waals surface area contributed by atoms with Gasteiger partial charge in [-0.3, -0.25) is 4.79 Å². The molecule has 1 fully saturated rings. The second-order valence-corrected chi connectivity index (χ2v) is 6.22. The molecule has 1 N–H and O–H groups in total. The molecule has 0 spiro atoms. The molecule has 2 aromatic rings. The second kappa shape index (κ2) is 5.29. The van der Waals surface area contributed by atoms with Gasteiger partial charge in [-0.1, -0.05) is 15.9 Å². The van der Waals surface area contributed by atoms with E-state index in [4.69, 9.17) is 4.74 Å². The van der Waals surface area contributed by atoms with Crippen molar-refractivity contribution in [2.24, 2.45) is 13.0 Å². The number of aryl methyl sites for hydroxylation is 1. The highest BCUT2D eigenvalue weighted by atomic mass is 79.9. The number of carbonyl (C=O) groups excluding carboxylic acids is 1. The summed E-state index contributed by atoms with van der Waals surface area (Å²) in [5, 5.41) is 7.26. The van der Waals surface area contributed by atoms with E-state index in [9.17, 15) is 9.18 Å². The van der Waals surface area contributed by atoms with Crippen molar-refractivity contribution in [3.8, 4) is 5.75 Å². The van der Waals surface area contributed by atoms with Gasteiger partial charge in [-0.15, -0.1) is 0 Å². The van der Waals surface area contributed by atoms with Crippen molar-refractivity contribution >= 4 is 32.7 Å². The minimum Gasteiger partial charge on any atom is -0.489 e. The van der Waals surface area contributed by atoms with Crippen molar-refractivity contribution in [1.82, 2.24) is 15.1 Å². The lowest BCUT2D eigenvalue weighted by Gasteiger charge is -2.20. The number of halogens is 2. The van der Waals surface area contributed by atoms with Crippen LogP contribution in [0.5, 0.6) is 5.75 Å². The van der Waals surface area contributed by atoms with Crippen LogP contribution in [-0.4, -0.2) is 28.3 Å². The van der Waals surface area contributed by atoms with Crippen molar-refractivity contribution in [2.75, 3.05) is 6.54 Å². The third-order valence-corrected chi connectivity index (χ3v) is 4.24. The number of ether oxygens (including phenoxy) is 1. The number of carbonyl (C=O) groups is 1. The number of benzene rings is 1. The predicted molar refractivity (Wildman–Crippen MR) is 79.6 cm³/mol. The van der Waals surface area contributed by atoms with E-state index in [1.807, 2.05) is 6.92 Å². The van der Waals surface area contributed by atoms with Crippen molar-refractivity contribution in [1.29, 1.82) is 0 Å². The Hall–Kier alpha value is -1.63. The maximum atomic E-state index is 14.2. The van der Waals surface area contributed by atoms with Crippen LogP contribution in [0.4, 0.5) is 4.39 Å². The monoisotopic (exact) mass is 355 g/mol. The Balaban J connectivity index is 1.94. The van der Waals surface area contributed by atoms with Crippen molar-refractivity contribution in [2.45, 2.75) is 19.4 Å². The van der Waals surface area contributed by atoms with Crippen molar-refractivity contribution in [3.63, 3.8) is 0 Å². The molecule has 1 unspecified atom stereocenters. The Morgan fingerprint density at radius 3 is 3.00 bits per heavy atom. The molecule has 112 valence electrons. The highest BCUT2D eigenvalue weighted by molar-refractivity contribution is 9.10. The number of nitrogens with one attached hydrogen (secondary N) is 1. The fourth-order valence-electron chi connectivity index (χ4n) is 2.57. The standard InChI is InChI=1S/C14H15BrFN3O2/c1-7(8-3-12(20)17-6-8)21-11-5-9(15)4-10-13(11)14(16)19(2)18-10/h4-5,7-8H,3,6H2,1-2H3,(H,17,20)/t7-,8?/m1/s1. The van der Waals surface area contributed by atoms with Crippen LogP contribution in [0, 0.1) is 11.9 Å². The van der Waals surface area contributed by atoms with Crippen LogP contribution in [0.3, 0.4) is 0 Å². The maximum Gasteiger partial charge on any atom is 0.222 e. The lowest BCUT2D eigenvalue weighted by atomic mass is 10.0. The zero-order valence-corrected chi connectivity index (χ0v) is 13.3. The van der Waals surface area contributed by atoms with Gasteiger partial charge in [-0.2, -0.15) is 9.49 Å². The van der Waals surface area contributed by atoms with Crippen LogP contribution in [0.1, 0.15) is 13.3 Å². The topological polar surface area (TPSA) is 56.1 Å². The molecule has 0 saturated carbocycles. The minimum atomic E-state index is -0.430. The number of nitrogens with zero attached hydrogens (tertiary/aromatic N) is 2. The third-order valence-electron chi connectivity index (χ3n) is 3.78. The van der Waals surface area contributed by atoms with Gasteiger partial charge >= 0.3 is 0 Å². The van der Waals surface area contributed by atoms with Gasteiger partial charge in [0.15, 0.2) is 0 Å². The molecule has 2 atom stereocenters. The molecule has 1 aliphatic heterocycles. The number of hydrogen-bond acceptors (Lipinski definition) is 3. The molecule has 0 radical (unpaired) electrons. The normalized spacial score (nSPS) is 19.8. The molecule has 1 aromatic carbocycles. The number of hydrogen-bond donors (Lipinski definition) is 1. The molecule has 1 aliphatic rings. The molecule has 5 nitrogen and oxygen atoms in total. The molecular weight excluding hydrogens is 341 g/mol. The maximum absolute atomic E-state index is 14.2. The van der Waals surface area contributed by atoms with Crippen molar-refractivity contribution in [3.05, 3.63) is 22.6 Å². The van der Waals surface area contributed by atoms with E-state index in [2.05, 4.69) is 26.3 Å². The number of amides is 1. The third kappa shape index (κ3) is 2.62. The molecule has 0 aliphatic carbocycles. The van der Waals surface area contributed by atoms with E-state index in [0.29, 0.717) is 29.6 Å². The Bertz CT molecular complexity index is 716. The van der Waals surface area contributed by atoms with Gasteiger partial charge in [0.05, 0.1) is 5.39 Å². The van der Waals surface area contributed by atoms with E-state index < -0.39 is 5.95 Å². The predicted octanol–water partition coefficient (Wildman–Crippen LogP) is 2.38. The molecule has 0 bridgehead atoms. The molecule has 2 heterocycles. The fourth-order valence-corrected chi connectivity index (χ4v) is 3.00. The highest BCUT2D eigenvalue weighted by Gasteiger charge is 2.29. The van der Waals surface area contributed by atoms with Crippen LogP contribution >= 0.6 is 15.9 Å². The average molecular weight is 356 g/mol. The zero-order chi connectivity index (χ0) is 15.1.